The summed E-state index contributed by atoms with van der Waals surface area (Å²) in [6.45, 7) is 8.13. The number of rotatable bonds is 8. The van der Waals surface area contributed by atoms with Gasteiger partial charge in [-0.3, -0.25) is 4.79 Å². The van der Waals surface area contributed by atoms with Gasteiger partial charge in [-0.05, 0) is 44.2 Å². The Bertz CT molecular complexity index is 460. The second-order valence-corrected chi connectivity index (χ2v) is 5.60. The summed E-state index contributed by atoms with van der Waals surface area (Å²) in [6, 6.07) is 6.29. The Hall–Kier alpha value is -1.55. The van der Waals surface area contributed by atoms with E-state index in [-0.39, 0.29) is 24.6 Å². The summed E-state index contributed by atoms with van der Waals surface area (Å²) in [6.07, 6.45) is 2.59. The van der Waals surface area contributed by atoms with Crippen LogP contribution in [0.3, 0.4) is 0 Å². The Labute approximate surface area is 128 Å². The number of hydrogen-bond acceptors (Lipinski definition) is 3. The van der Waals surface area contributed by atoms with Crippen LogP contribution in [-0.4, -0.2) is 24.6 Å². The van der Waals surface area contributed by atoms with Gasteiger partial charge in [0.2, 0.25) is 0 Å². The lowest BCUT2D eigenvalue weighted by molar-refractivity contribution is -0.123. The number of carbonyl (C=O) groups excluding carboxylic acids is 1. The molecular formula is C17H28N2O2. The SMILES string of the molecule is CCC(N)Cc1cccc(C)c1OCC(=O)NC(C)CC. The van der Waals surface area contributed by atoms with Gasteiger partial charge in [0, 0.05) is 12.1 Å². The van der Waals surface area contributed by atoms with Crippen molar-refractivity contribution < 1.29 is 9.53 Å². The number of nitrogens with one attached hydrogen (secondary N) is 1. The van der Waals surface area contributed by atoms with Gasteiger partial charge in [-0.25, -0.2) is 0 Å². The Morgan fingerprint density at radius 2 is 2.05 bits per heavy atom. The fraction of sp³-hybridized carbons (Fsp3) is 0.588. The monoisotopic (exact) mass is 292 g/mol. The van der Waals surface area contributed by atoms with Crippen LogP contribution in [0, 0.1) is 6.92 Å². The van der Waals surface area contributed by atoms with Crippen molar-refractivity contribution in [1.82, 2.24) is 5.32 Å². The highest BCUT2D eigenvalue weighted by atomic mass is 16.5. The van der Waals surface area contributed by atoms with Gasteiger partial charge in [0.1, 0.15) is 5.75 Å². The molecule has 1 rings (SSSR count). The second kappa shape index (κ2) is 8.67. The lowest BCUT2D eigenvalue weighted by atomic mass is 10.0. The number of nitrogens with two attached hydrogens (primary N) is 1. The number of aryl methyl sites for hydroxylation is 1. The zero-order valence-corrected chi connectivity index (χ0v) is 13.6. The summed E-state index contributed by atoms with van der Waals surface area (Å²) in [4.78, 5) is 11.8. The van der Waals surface area contributed by atoms with Gasteiger partial charge in [0.05, 0.1) is 0 Å². The zero-order chi connectivity index (χ0) is 15.8. The predicted octanol–water partition coefficient (Wildman–Crippen LogP) is 2.57. The Morgan fingerprint density at radius 1 is 1.33 bits per heavy atom. The summed E-state index contributed by atoms with van der Waals surface area (Å²) < 4.78 is 5.75. The second-order valence-electron chi connectivity index (χ2n) is 5.60. The minimum absolute atomic E-state index is 0.0452. The highest BCUT2D eigenvalue weighted by Crippen LogP contribution is 2.24. The normalized spacial score (nSPS) is 13.6. The van der Waals surface area contributed by atoms with Crippen molar-refractivity contribution in [1.29, 1.82) is 0 Å². The average Bonchev–Trinajstić information content (AvgIpc) is 2.46. The van der Waals surface area contributed by atoms with E-state index in [2.05, 4.69) is 12.2 Å². The van der Waals surface area contributed by atoms with E-state index in [1.54, 1.807) is 0 Å². The first kappa shape index (κ1) is 17.5. The summed E-state index contributed by atoms with van der Waals surface area (Å²) in [5.74, 6) is 0.707. The molecule has 2 unspecified atom stereocenters. The molecule has 0 spiro atoms. The molecule has 1 aromatic carbocycles. The van der Waals surface area contributed by atoms with Crippen molar-refractivity contribution in [2.24, 2.45) is 5.73 Å². The number of ether oxygens (including phenoxy) is 1. The third-order valence-electron chi connectivity index (χ3n) is 3.67. The van der Waals surface area contributed by atoms with E-state index in [4.69, 9.17) is 10.5 Å². The Kier molecular flexibility index (Phi) is 7.23. The number of benzene rings is 1. The smallest absolute Gasteiger partial charge is 0.258 e. The third-order valence-corrected chi connectivity index (χ3v) is 3.67. The van der Waals surface area contributed by atoms with Crippen LogP contribution in [0.1, 0.15) is 44.7 Å². The molecule has 0 aliphatic heterocycles. The van der Waals surface area contributed by atoms with Crippen LogP contribution >= 0.6 is 0 Å². The molecule has 0 fully saturated rings. The number of carbonyl (C=O) groups is 1. The molecule has 21 heavy (non-hydrogen) atoms. The molecule has 0 heterocycles. The Morgan fingerprint density at radius 3 is 2.67 bits per heavy atom. The van der Waals surface area contributed by atoms with Gasteiger partial charge in [-0.2, -0.15) is 0 Å². The molecule has 3 N–H and O–H groups in total. The van der Waals surface area contributed by atoms with Gasteiger partial charge in [-0.1, -0.05) is 32.0 Å². The van der Waals surface area contributed by atoms with E-state index in [1.165, 1.54) is 0 Å². The molecule has 0 saturated heterocycles. The van der Waals surface area contributed by atoms with Crippen molar-refractivity contribution in [3.8, 4) is 5.75 Å². The van der Waals surface area contributed by atoms with E-state index >= 15 is 0 Å². The first-order valence-electron chi connectivity index (χ1n) is 7.74. The molecule has 0 bridgehead atoms. The molecule has 0 aliphatic carbocycles. The summed E-state index contributed by atoms with van der Waals surface area (Å²) in [5.41, 5.74) is 8.13. The summed E-state index contributed by atoms with van der Waals surface area (Å²) >= 11 is 0. The highest BCUT2D eigenvalue weighted by Gasteiger charge is 2.12. The molecule has 0 aliphatic rings. The molecule has 4 heteroatoms. The van der Waals surface area contributed by atoms with E-state index < -0.39 is 0 Å². The van der Waals surface area contributed by atoms with Gasteiger partial charge in [-0.15, -0.1) is 0 Å². The number of hydrogen-bond donors (Lipinski definition) is 2. The lowest BCUT2D eigenvalue weighted by Gasteiger charge is -2.17. The third kappa shape index (κ3) is 5.76. The topological polar surface area (TPSA) is 64.3 Å². The summed E-state index contributed by atoms with van der Waals surface area (Å²) in [5, 5.41) is 2.90. The van der Waals surface area contributed by atoms with Crippen molar-refractivity contribution >= 4 is 5.91 Å². The van der Waals surface area contributed by atoms with E-state index in [0.717, 1.165) is 36.1 Å². The maximum atomic E-state index is 11.8. The number of amides is 1. The molecule has 118 valence electrons. The molecule has 4 nitrogen and oxygen atoms in total. The van der Waals surface area contributed by atoms with Gasteiger partial charge in [0.15, 0.2) is 6.61 Å². The molecular weight excluding hydrogens is 264 g/mol. The average molecular weight is 292 g/mol. The maximum absolute atomic E-state index is 11.8. The molecule has 1 aromatic rings. The van der Waals surface area contributed by atoms with Crippen LogP contribution < -0.4 is 15.8 Å². The fourth-order valence-electron chi connectivity index (χ4n) is 2.06. The van der Waals surface area contributed by atoms with Crippen LogP contribution in [-0.2, 0) is 11.2 Å². The predicted molar refractivity (Wildman–Crippen MR) is 86.5 cm³/mol. The summed E-state index contributed by atoms with van der Waals surface area (Å²) in [7, 11) is 0. The minimum Gasteiger partial charge on any atom is -0.483 e. The van der Waals surface area contributed by atoms with Crippen LogP contribution in [0.15, 0.2) is 18.2 Å². The molecule has 0 aromatic heterocycles. The zero-order valence-electron chi connectivity index (χ0n) is 13.6. The highest BCUT2D eigenvalue weighted by molar-refractivity contribution is 5.77. The quantitative estimate of drug-likeness (QED) is 0.774. The van der Waals surface area contributed by atoms with Crippen molar-refractivity contribution in [3.05, 3.63) is 29.3 Å². The standard InChI is InChI=1S/C17H28N2O2/c1-5-13(4)19-16(20)11-21-17-12(3)8-7-9-14(17)10-15(18)6-2/h7-9,13,15H,5-6,10-11,18H2,1-4H3,(H,19,20). The van der Waals surface area contributed by atoms with Crippen molar-refractivity contribution in [3.63, 3.8) is 0 Å². The van der Waals surface area contributed by atoms with Crippen molar-refractivity contribution in [2.75, 3.05) is 6.61 Å². The molecule has 0 saturated carbocycles. The Balaban J connectivity index is 2.71. The van der Waals surface area contributed by atoms with E-state index in [9.17, 15) is 4.79 Å². The number of para-hydroxylation sites is 1. The largest absolute Gasteiger partial charge is 0.483 e. The van der Waals surface area contributed by atoms with Crippen LogP contribution in [0.2, 0.25) is 0 Å². The fourth-order valence-corrected chi connectivity index (χ4v) is 2.06. The van der Waals surface area contributed by atoms with Gasteiger partial charge < -0.3 is 15.8 Å². The van der Waals surface area contributed by atoms with Crippen LogP contribution in [0.4, 0.5) is 0 Å². The van der Waals surface area contributed by atoms with E-state index in [1.807, 2.05) is 39.0 Å². The lowest BCUT2D eigenvalue weighted by Crippen LogP contribution is -2.35. The molecule has 2 atom stereocenters. The van der Waals surface area contributed by atoms with Crippen molar-refractivity contribution in [2.45, 2.75) is 59.0 Å². The van der Waals surface area contributed by atoms with E-state index in [0.29, 0.717) is 0 Å². The van der Waals surface area contributed by atoms with Crippen LogP contribution in [0.5, 0.6) is 5.75 Å². The van der Waals surface area contributed by atoms with Gasteiger partial charge in [0.25, 0.3) is 5.91 Å². The van der Waals surface area contributed by atoms with Gasteiger partial charge >= 0.3 is 0 Å². The molecule has 0 radical (unpaired) electrons. The first-order chi connectivity index (χ1) is 9.97. The maximum Gasteiger partial charge on any atom is 0.258 e. The first-order valence-corrected chi connectivity index (χ1v) is 7.74. The van der Waals surface area contributed by atoms with Crippen LogP contribution in [0.25, 0.3) is 0 Å². The minimum atomic E-state index is -0.0849. The molecule has 1 amide bonds.